The summed E-state index contributed by atoms with van der Waals surface area (Å²) in [6, 6.07) is 5.81. The predicted octanol–water partition coefficient (Wildman–Crippen LogP) is 1.89. The normalized spacial score (nSPS) is 10.1. The number of nitrogens with one attached hydrogen (secondary N) is 1. The second-order valence-corrected chi connectivity index (χ2v) is 3.19. The van der Waals surface area contributed by atoms with E-state index in [1.54, 1.807) is 14.2 Å². The topological polar surface area (TPSA) is 30.5 Å². The van der Waals surface area contributed by atoms with Gasteiger partial charge in [-0.25, -0.2) is 0 Å². The lowest BCUT2D eigenvalue weighted by atomic mass is 10.2. The first-order valence-corrected chi connectivity index (χ1v) is 4.93. The Balaban J connectivity index is 2.68. The van der Waals surface area contributed by atoms with E-state index < -0.39 is 0 Å². The molecule has 1 aromatic carbocycles. The Bertz CT molecular complexity index is 277. The van der Waals surface area contributed by atoms with E-state index in [1.807, 2.05) is 18.2 Å². The highest BCUT2D eigenvalue weighted by molar-refractivity contribution is 5.38. The van der Waals surface area contributed by atoms with Crippen molar-refractivity contribution >= 4 is 0 Å². The molecule has 0 unspecified atom stereocenters. The molecule has 1 N–H and O–H groups in total. The molecule has 82 valence electrons. The monoisotopic (exact) mass is 207 g/mol. The van der Waals surface area contributed by atoms with Gasteiger partial charge in [-0.2, -0.15) is 0 Å². The molecule has 15 heavy (non-hydrogen) atoms. The molecular weight excluding hydrogens is 190 g/mol. The Kier molecular flexibility index (Phi) is 4.98. The fourth-order valence-electron chi connectivity index (χ4n) is 1.30. The zero-order valence-corrected chi connectivity index (χ0v) is 9.25. The molecule has 0 aliphatic heterocycles. The summed E-state index contributed by atoms with van der Waals surface area (Å²) in [5.74, 6) is 1.61. The van der Waals surface area contributed by atoms with Crippen molar-refractivity contribution in [2.45, 2.75) is 13.0 Å². The van der Waals surface area contributed by atoms with Crippen molar-refractivity contribution in [2.24, 2.45) is 0 Å². The second kappa shape index (κ2) is 6.30. The van der Waals surface area contributed by atoms with Gasteiger partial charge in [-0.05, 0) is 37.6 Å². The molecule has 1 aromatic rings. The van der Waals surface area contributed by atoms with Crippen molar-refractivity contribution in [3.63, 3.8) is 0 Å². The first-order valence-electron chi connectivity index (χ1n) is 4.93. The van der Waals surface area contributed by atoms with Gasteiger partial charge in [-0.3, -0.25) is 0 Å². The van der Waals surface area contributed by atoms with Crippen LogP contribution in [0.3, 0.4) is 0 Å². The van der Waals surface area contributed by atoms with E-state index in [2.05, 4.69) is 5.32 Å². The van der Waals surface area contributed by atoms with Crippen molar-refractivity contribution in [3.05, 3.63) is 30.7 Å². The summed E-state index contributed by atoms with van der Waals surface area (Å²) in [6.45, 7) is 6.97. The molecule has 0 aliphatic carbocycles. The average Bonchev–Trinajstić information content (AvgIpc) is 2.29. The Labute approximate surface area is 91.4 Å². The van der Waals surface area contributed by atoms with Crippen LogP contribution in [0.5, 0.6) is 11.5 Å². The van der Waals surface area contributed by atoms with Crippen LogP contribution in [-0.2, 0) is 6.54 Å². The molecule has 0 aliphatic rings. The minimum absolute atomic E-state index is 0.640. The third-order valence-electron chi connectivity index (χ3n) is 2.06. The summed E-state index contributed by atoms with van der Waals surface area (Å²) in [5, 5.41) is 3.22. The molecule has 2 radical (unpaired) electrons. The number of hydrogen-bond acceptors (Lipinski definition) is 3. The van der Waals surface area contributed by atoms with Crippen LogP contribution in [0.2, 0.25) is 0 Å². The molecule has 3 heteroatoms. The van der Waals surface area contributed by atoms with Gasteiger partial charge in [0.05, 0.1) is 14.2 Å². The molecule has 0 saturated heterocycles. The van der Waals surface area contributed by atoms with Crippen LogP contribution in [0.15, 0.2) is 18.2 Å². The first-order chi connectivity index (χ1) is 7.30. The van der Waals surface area contributed by atoms with Crippen LogP contribution in [0, 0.1) is 6.92 Å². The van der Waals surface area contributed by atoms with E-state index in [0.29, 0.717) is 6.42 Å². The maximum absolute atomic E-state index is 5.39. The van der Waals surface area contributed by atoms with Crippen LogP contribution in [0.4, 0.5) is 0 Å². The Hall–Kier alpha value is -1.22. The molecule has 0 saturated carbocycles. The summed E-state index contributed by atoms with van der Waals surface area (Å²) in [7, 11) is 3.29. The molecule has 0 aromatic heterocycles. The van der Waals surface area contributed by atoms with E-state index in [0.717, 1.165) is 30.2 Å². The fourth-order valence-corrected chi connectivity index (χ4v) is 1.30. The minimum atomic E-state index is 0.640. The van der Waals surface area contributed by atoms with Crippen LogP contribution in [-0.4, -0.2) is 20.8 Å². The van der Waals surface area contributed by atoms with E-state index in [-0.39, 0.29) is 0 Å². The smallest absolute Gasteiger partial charge is 0.122 e. The predicted molar refractivity (Wildman–Crippen MR) is 60.2 cm³/mol. The maximum atomic E-state index is 5.39. The first kappa shape index (κ1) is 11.9. The molecule has 0 spiro atoms. The Morgan fingerprint density at radius 2 is 1.73 bits per heavy atom. The van der Waals surface area contributed by atoms with Gasteiger partial charge in [0.2, 0.25) is 0 Å². The summed E-state index contributed by atoms with van der Waals surface area (Å²) in [4.78, 5) is 0. The third-order valence-corrected chi connectivity index (χ3v) is 2.06. The molecule has 1 rings (SSSR count). The fraction of sp³-hybridized carbons (Fsp3) is 0.417. The molecule has 0 bridgehead atoms. The van der Waals surface area contributed by atoms with Gasteiger partial charge >= 0.3 is 0 Å². The maximum Gasteiger partial charge on any atom is 0.122 e. The van der Waals surface area contributed by atoms with Crippen molar-refractivity contribution in [1.29, 1.82) is 0 Å². The van der Waals surface area contributed by atoms with E-state index in [1.165, 1.54) is 0 Å². The highest BCUT2D eigenvalue weighted by Crippen LogP contribution is 2.22. The highest BCUT2D eigenvalue weighted by Gasteiger charge is 2.00. The SMILES string of the molecule is [CH]CCNCc1cc(OC)cc(OC)c1. The van der Waals surface area contributed by atoms with E-state index >= 15 is 0 Å². The number of benzene rings is 1. The van der Waals surface area contributed by atoms with Gasteiger partial charge in [-0.1, -0.05) is 0 Å². The quantitative estimate of drug-likeness (QED) is 0.723. The largest absolute Gasteiger partial charge is 0.497 e. The molecular formula is C12H17NO2. The summed E-state index contributed by atoms with van der Waals surface area (Å²) < 4.78 is 10.3. The van der Waals surface area contributed by atoms with E-state index in [4.69, 9.17) is 16.4 Å². The Morgan fingerprint density at radius 3 is 2.20 bits per heavy atom. The molecule has 0 fully saturated rings. The number of rotatable bonds is 6. The van der Waals surface area contributed by atoms with Crippen LogP contribution in [0.1, 0.15) is 12.0 Å². The standard InChI is InChI=1S/C12H17NO2/c1-4-5-13-9-10-6-11(14-2)8-12(7-10)15-3/h1,6-8,13H,4-5,9H2,2-3H3. The number of hydrogen-bond donors (Lipinski definition) is 1. The highest BCUT2D eigenvalue weighted by atomic mass is 16.5. The number of ether oxygens (including phenoxy) is 2. The van der Waals surface area contributed by atoms with Crippen LogP contribution < -0.4 is 14.8 Å². The van der Waals surface area contributed by atoms with Gasteiger partial charge in [0, 0.05) is 12.6 Å². The molecule has 0 heterocycles. The lowest BCUT2D eigenvalue weighted by Crippen LogP contribution is -2.13. The van der Waals surface area contributed by atoms with Gasteiger partial charge in [0.25, 0.3) is 0 Å². The van der Waals surface area contributed by atoms with Gasteiger partial charge in [0.1, 0.15) is 11.5 Å². The van der Waals surface area contributed by atoms with Crippen molar-refractivity contribution in [1.82, 2.24) is 5.32 Å². The van der Waals surface area contributed by atoms with Crippen LogP contribution in [0.25, 0.3) is 0 Å². The lowest BCUT2D eigenvalue weighted by Gasteiger charge is -2.08. The van der Waals surface area contributed by atoms with Gasteiger partial charge in [0.15, 0.2) is 0 Å². The molecule has 3 nitrogen and oxygen atoms in total. The van der Waals surface area contributed by atoms with Gasteiger partial charge in [-0.15, -0.1) is 0 Å². The third kappa shape index (κ3) is 3.80. The minimum Gasteiger partial charge on any atom is -0.497 e. The van der Waals surface area contributed by atoms with Crippen LogP contribution >= 0.6 is 0 Å². The zero-order valence-electron chi connectivity index (χ0n) is 9.25. The summed E-state index contributed by atoms with van der Waals surface area (Å²) >= 11 is 0. The Morgan fingerprint density at radius 1 is 1.13 bits per heavy atom. The van der Waals surface area contributed by atoms with Crippen molar-refractivity contribution in [3.8, 4) is 11.5 Å². The lowest BCUT2D eigenvalue weighted by molar-refractivity contribution is 0.393. The zero-order chi connectivity index (χ0) is 11.1. The second-order valence-electron chi connectivity index (χ2n) is 3.19. The molecule has 0 amide bonds. The van der Waals surface area contributed by atoms with Gasteiger partial charge < -0.3 is 14.8 Å². The summed E-state index contributed by atoms with van der Waals surface area (Å²) in [6.07, 6.45) is 0.640. The number of methoxy groups -OCH3 is 2. The van der Waals surface area contributed by atoms with Crippen molar-refractivity contribution in [2.75, 3.05) is 20.8 Å². The average molecular weight is 207 g/mol. The van der Waals surface area contributed by atoms with E-state index in [9.17, 15) is 0 Å². The van der Waals surface area contributed by atoms with Crippen molar-refractivity contribution < 1.29 is 9.47 Å². The summed E-state index contributed by atoms with van der Waals surface area (Å²) in [5.41, 5.74) is 1.12. The molecule has 0 atom stereocenters.